The monoisotopic (exact) mass is 487 g/mol. The van der Waals surface area contributed by atoms with Crippen LogP contribution in [0.4, 0.5) is 10.5 Å². The van der Waals surface area contributed by atoms with Crippen molar-refractivity contribution in [1.82, 2.24) is 15.5 Å². The molecular formula is C20H34IN5O. The lowest BCUT2D eigenvalue weighted by atomic mass is 9.65. The molecule has 6 nitrogen and oxygen atoms in total. The average Bonchev–Trinajstić information content (AvgIpc) is 2.55. The van der Waals surface area contributed by atoms with Gasteiger partial charge < -0.3 is 20.9 Å². The summed E-state index contributed by atoms with van der Waals surface area (Å²) in [5, 5.41) is 9.08. The number of hydrogen-bond acceptors (Lipinski definition) is 2. The van der Waals surface area contributed by atoms with E-state index in [2.05, 4.69) is 53.5 Å². The summed E-state index contributed by atoms with van der Waals surface area (Å²) in [5.74, 6) is 0.924. The van der Waals surface area contributed by atoms with Crippen molar-refractivity contribution >= 4 is 41.7 Å². The molecule has 0 spiro atoms. The average molecular weight is 487 g/mol. The SMILES string of the molecule is CN=C(NCc1ccc(NC(=O)NC(C)C)cc1)N1CC(C)(C)C1(C)C.I. The van der Waals surface area contributed by atoms with E-state index in [0.29, 0.717) is 6.54 Å². The standard InChI is InChI=1S/C20H33N5O.HI/c1-14(2)23-18(26)24-16-10-8-15(9-11-16)12-22-17(21-7)25-13-19(3,4)20(25,5)6;/h8-11,14H,12-13H2,1-7H3,(H,21,22)(H2,23,24,26);1H. The third-order valence-corrected chi connectivity index (χ3v) is 5.43. The van der Waals surface area contributed by atoms with Crippen LogP contribution in [0.25, 0.3) is 0 Å². The summed E-state index contributed by atoms with van der Waals surface area (Å²) in [5.41, 5.74) is 2.27. The van der Waals surface area contributed by atoms with Crippen LogP contribution in [-0.4, -0.2) is 42.1 Å². The van der Waals surface area contributed by atoms with Crippen LogP contribution in [0.3, 0.4) is 0 Å². The van der Waals surface area contributed by atoms with E-state index in [9.17, 15) is 4.79 Å². The van der Waals surface area contributed by atoms with Crippen molar-refractivity contribution in [3.05, 3.63) is 29.8 Å². The van der Waals surface area contributed by atoms with E-state index in [1.807, 2.05) is 45.2 Å². The van der Waals surface area contributed by atoms with Crippen molar-refractivity contribution in [1.29, 1.82) is 0 Å². The maximum absolute atomic E-state index is 11.7. The summed E-state index contributed by atoms with van der Waals surface area (Å²) in [6, 6.07) is 7.77. The number of nitrogens with one attached hydrogen (secondary N) is 3. The van der Waals surface area contributed by atoms with Crippen LogP contribution < -0.4 is 16.0 Å². The molecule has 0 aliphatic carbocycles. The number of halogens is 1. The Labute approximate surface area is 180 Å². The van der Waals surface area contributed by atoms with Crippen molar-refractivity contribution < 1.29 is 4.79 Å². The first-order valence-electron chi connectivity index (χ1n) is 9.21. The highest BCUT2D eigenvalue weighted by Crippen LogP contribution is 2.46. The van der Waals surface area contributed by atoms with Gasteiger partial charge in [-0.05, 0) is 45.4 Å². The van der Waals surface area contributed by atoms with E-state index >= 15 is 0 Å². The van der Waals surface area contributed by atoms with Gasteiger partial charge in [-0.15, -0.1) is 24.0 Å². The number of amides is 2. The Bertz CT molecular complexity index is 667. The minimum atomic E-state index is -0.186. The maximum Gasteiger partial charge on any atom is 0.319 e. The van der Waals surface area contributed by atoms with Crippen molar-refractivity contribution in [3.63, 3.8) is 0 Å². The molecular weight excluding hydrogens is 453 g/mol. The van der Waals surface area contributed by atoms with Crippen LogP contribution in [0.15, 0.2) is 29.3 Å². The highest BCUT2D eigenvalue weighted by atomic mass is 127. The number of hydrogen-bond donors (Lipinski definition) is 3. The predicted molar refractivity (Wildman–Crippen MR) is 124 cm³/mol. The molecule has 7 heteroatoms. The molecule has 0 aromatic heterocycles. The smallest absolute Gasteiger partial charge is 0.319 e. The largest absolute Gasteiger partial charge is 0.352 e. The molecule has 0 saturated carbocycles. The van der Waals surface area contributed by atoms with Crippen LogP contribution in [-0.2, 0) is 6.54 Å². The van der Waals surface area contributed by atoms with E-state index in [4.69, 9.17) is 0 Å². The fourth-order valence-corrected chi connectivity index (χ4v) is 3.01. The molecule has 1 saturated heterocycles. The lowest BCUT2D eigenvalue weighted by molar-refractivity contribution is -0.0667. The molecule has 1 aromatic carbocycles. The second-order valence-corrected chi connectivity index (χ2v) is 8.38. The number of benzene rings is 1. The molecule has 0 radical (unpaired) electrons. The number of carbonyl (C=O) groups excluding carboxylic acids is 1. The number of nitrogens with zero attached hydrogens (tertiary/aromatic N) is 2. The molecule has 1 aliphatic rings. The van der Waals surface area contributed by atoms with Gasteiger partial charge in [0.15, 0.2) is 5.96 Å². The molecule has 1 aliphatic heterocycles. The number of urea groups is 1. The zero-order chi connectivity index (χ0) is 19.5. The van der Waals surface area contributed by atoms with Crippen molar-refractivity contribution in [2.75, 3.05) is 18.9 Å². The number of aliphatic imine (C=N–C) groups is 1. The summed E-state index contributed by atoms with van der Waals surface area (Å²) in [6.07, 6.45) is 0. The van der Waals surface area contributed by atoms with Gasteiger partial charge in [-0.2, -0.15) is 0 Å². The molecule has 1 fully saturated rings. The van der Waals surface area contributed by atoms with Gasteiger partial charge in [0.1, 0.15) is 0 Å². The highest BCUT2D eigenvalue weighted by Gasteiger charge is 2.53. The maximum atomic E-state index is 11.7. The summed E-state index contributed by atoms with van der Waals surface area (Å²) < 4.78 is 0. The molecule has 1 aromatic rings. The summed E-state index contributed by atoms with van der Waals surface area (Å²) >= 11 is 0. The van der Waals surface area contributed by atoms with Gasteiger partial charge in [0.25, 0.3) is 0 Å². The summed E-state index contributed by atoms with van der Waals surface area (Å²) in [7, 11) is 1.82. The van der Waals surface area contributed by atoms with Crippen LogP contribution in [0.2, 0.25) is 0 Å². The Hall–Kier alpha value is -1.51. The Balaban J connectivity index is 0.00000364. The van der Waals surface area contributed by atoms with Crippen molar-refractivity contribution in [2.24, 2.45) is 10.4 Å². The number of carbonyl (C=O) groups is 1. The number of guanidine groups is 1. The van der Waals surface area contributed by atoms with Crippen molar-refractivity contribution in [2.45, 2.75) is 59.7 Å². The van der Waals surface area contributed by atoms with Gasteiger partial charge in [0.2, 0.25) is 0 Å². The Kier molecular flexibility index (Phi) is 7.95. The molecule has 2 rings (SSSR count). The molecule has 27 heavy (non-hydrogen) atoms. The third-order valence-electron chi connectivity index (χ3n) is 5.43. The van der Waals surface area contributed by atoms with Gasteiger partial charge in [0.05, 0.1) is 0 Å². The number of likely N-dealkylation sites (tertiary alicyclic amines) is 1. The molecule has 0 unspecified atom stereocenters. The van der Waals surface area contributed by atoms with E-state index in [0.717, 1.165) is 23.8 Å². The fourth-order valence-electron chi connectivity index (χ4n) is 3.01. The van der Waals surface area contributed by atoms with E-state index in [-0.39, 0.29) is 47.0 Å². The van der Waals surface area contributed by atoms with Crippen molar-refractivity contribution in [3.8, 4) is 0 Å². The lowest BCUT2D eigenvalue weighted by Gasteiger charge is -2.62. The molecule has 0 atom stereocenters. The Morgan fingerprint density at radius 2 is 1.78 bits per heavy atom. The van der Waals surface area contributed by atoms with Gasteiger partial charge in [-0.3, -0.25) is 4.99 Å². The van der Waals surface area contributed by atoms with Crippen LogP contribution in [0, 0.1) is 5.41 Å². The first kappa shape index (κ1) is 23.5. The zero-order valence-electron chi connectivity index (χ0n) is 17.5. The molecule has 2 amide bonds. The molecule has 3 N–H and O–H groups in total. The van der Waals surface area contributed by atoms with E-state index in [1.54, 1.807) is 0 Å². The van der Waals surface area contributed by atoms with Gasteiger partial charge in [0, 0.05) is 42.8 Å². The topological polar surface area (TPSA) is 68.8 Å². The summed E-state index contributed by atoms with van der Waals surface area (Å²) in [6.45, 7) is 14.6. The minimum Gasteiger partial charge on any atom is -0.352 e. The van der Waals surface area contributed by atoms with Gasteiger partial charge in [-0.1, -0.05) is 26.0 Å². The normalized spacial score (nSPS) is 17.6. The van der Waals surface area contributed by atoms with Crippen LogP contribution >= 0.6 is 24.0 Å². The number of rotatable bonds is 4. The van der Waals surface area contributed by atoms with E-state index in [1.165, 1.54) is 0 Å². The molecule has 1 heterocycles. The summed E-state index contributed by atoms with van der Waals surface area (Å²) in [4.78, 5) is 18.5. The predicted octanol–water partition coefficient (Wildman–Crippen LogP) is 4.03. The second-order valence-electron chi connectivity index (χ2n) is 8.38. The second kappa shape index (κ2) is 9.12. The van der Waals surface area contributed by atoms with Gasteiger partial charge >= 0.3 is 6.03 Å². The first-order chi connectivity index (χ1) is 12.1. The lowest BCUT2D eigenvalue weighted by Crippen LogP contribution is -2.72. The highest BCUT2D eigenvalue weighted by molar-refractivity contribution is 14.0. The third kappa shape index (κ3) is 5.49. The fraction of sp³-hybridized carbons (Fsp3) is 0.600. The molecule has 0 bridgehead atoms. The van der Waals surface area contributed by atoms with Crippen LogP contribution in [0.5, 0.6) is 0 Å². The quantitative estimate of drug-likeness (QED) is 0.341. The van der Waals surface area contributed by atoms with Crippen LogP contribution in [0.1, 0.15) is 47.1 Å². The number of anilines is 1. The Morgan fingerprint density at radius 3 is 2.22 bits per heavy atom. The Morgan fingerprint density at radius 1 is 1.19 bits per heavy atom. The van der Waals surface area contributed by atoms with Gasteiger partial charge in [-0.25, -0.2) is 4.79 Å². The molecule has 152 valence electrons. The minimum absolute atomic E-state index is 0. The van der Waals surface area contributed by atoms with E-state index < -0.39 is 0 Å². The first-order valence-corrected chi connectivity index (χ1v) is 9.21. The zero-order valence-corrected chi connectivity index (χ0v) is 19.8.